The molecule has 0 bridgehead atoms. The van der Waals surface area contributed by atoms with Crippen LogP contribution in [0.15, 0.2) is 18.3 Å². The zero-order valence-corrected chi connectivity index (χ0v) is 9.94. The zero-order valence-electron chi connectivity index (χ0n) is 9.94. The lowest BCUT2D eigenvalue weighted by Gasteiger charge is -2.29. The summed E-state index contributed by atoms with van der Waals surface area (Å²) < 4.78 is 0. The minimum Gasteiger partial charge on any atom is -0.392 e. The number of aliphatic hydroxyl groups excluding tert-OH is 1. The number of aromatic nitrogens is 1. The van der Waals surface area contributed by atoms with Gasteiger partial charge in [-0.1, -0.05) is 13.8 Å². The summed E-state index contributed by atoms with van der Waals surface area (Å²) in [6.07, 6.45) is 1.74. The molecule has 0 saturated heterocycles. The van der Waals surface area contributed by atoms with Gasteiger partial charge in [-0.2, -0.15) is 0 Å². The summed E-state index contributed by atoms with van der Waals surface area (Å²) in [7, 11) is 2.04. The first-order valence-corrected chi connectivity index (χ1v) is 5.35. The number of nitrogens with zero attached hydrogens (tertiary/aromatic N) is 2. The SMILES string of the molecule is CC(C)C(C)N(C)c1cc(CO)ccn1. The van der Waals surface area contributed by atoms with Crippen LogP contribution < -0.4 is 4.90 Å². The molecule has 1 atom stereocenters. The predicted octanol–water partition coefficient (Wildman–Crippen LogP) is 2.05. The molecule has 0 saturated carbocycles. The van der Waals surface area contributed by atoms with E-state index < -0.39 is 0 Å². The average Bonchev–Trinajstić information content (AvgIpc) is 2.27. The van der Waals surface area contributed by atoms with Crippen LogP contribution in [0.25, 0.3) is 0 Å². The van der Waals surface area contributed by atoms with E-state index >= 15 is 0 Å². The van der Waals surface area contributed by atoms with Gasteiger partial charge in [0.1, 0.15) is 5.82 Å². The minimum absolute atomic E-state index is 0.0689. The average molecular weight is 208 g/mol. The van der Waals surface area contributed by atoms with E-state index in [-0.39, 0.29) is 6.61 Å². The monoisotopic (exact) mass is 208 g/mol. The molecule has 1 N–H and O–H groups in total. The molecule has 0 aliphatic carbocycles. The standard InChI is InChI=1S/C12H20N2O/c1-9(2)10(3)14(4)12-7-11(8-15)5-6-13-12/h5-7,9-10,15H,8H2,1-4H3. The lowest BCUT2D eigenvalue weighted by atomic mass is 10.1. The highest BCUT2D eigenvalue weighted by Crippen LogP contribution is 2.17. The van der Waals surface area contributed by atoms with Gasteiger partial charge in [-0.25, -0.2) is 4.98 Å². The molecule has 3 heteroatoms. The summed E-state index contributed by atoms with van der Waals surface area (Å²) >= 11 is 0. The Morgan fingerprint density at radius 2 is 2.07 bits per heavy atom. The van der Waals surface area contributed by atoms with Gasteiger partial charge < -0.3 is 10.0 Å². The topological polar surface area (TPSA) is 36.4 Å². The van der Waals surface area contributed by atoms with Crippen molar-refractivity contribution in [2.24, 2.45) is 5.92 Å². The molecule has 3 nitrogen and oxygen atoms in total. The molecule has 84 valence electrons. The Kier molecular flexibility index (Phi) is 4.09. The Labute approximate surface area is 91.8 Å². The molecule has 15 heavy (non-hydrogen) atoms. The number of hydrogen-bond acceptors (Lipinski definition) is 3. The first-order chi connectivity index (χ1) is 7.06. The van der Waals surface area contributed by atoms with E-state index in [0.717, 1.165) is 11.4 Å². The van der Waals surface area contributed by atoms with Crippen LogP contribution in [0.1, 0.15) is 26.3 Å². The minimum atomic E-state index is 0.0689. The van der Waals surface area contributed by atoms with E-state index in [0.29, 0.717) is 12.0 Å². The van der Waals surface area contributed by atoms with Crippen molar-refractivity contribution in [3.8, 4) is 0 Å². The van der Waals surface area contributed by atoms with Crippen LogP contribution in [-0.4, -0.2) is 23.2 Å². The fourth-order valence-electron chi connectivity index (χ4n) is 1.41. The third kappa shape index (κ3) is 2.93. The first-order valence-electron chi connectivity index (χ1n) is 5.35. The van der Waals surface area contributed by atoms with Crippen LogP contribution >= 0.6 is 0 Å². The quantitative estimate of drug-likeness (QED) is 0.822. The lowest BCUT2D eigenvalue weighted by molar-refractivity contribution is 0.281. The van der Waals surface area contributed by atoms with Crippen LogP contribution in [-0.2, 0) is 6.61 Å². The molecular formula is C12H20N2O. The van der Waals surface area contributed by atoms with Crippen molar-refractivity contribution in [3.63, 3.8) is 0 Å². The molecule has 1 rings (SSSR count). The van der Waals surface area contributed by atoms with Crippen LogP contribution in [0.3, 0.4) is 0 Å². The predicted molar refractivity (Wildman–Crippen MR) is 62.9 cm³/mol. The van der Waals surface area contributed by atoms with Gasteiger partial charge in [-0.15, -0.1) is 0 Å². The van der Waals surface area contributed by atoms with Crippen LogP contribution in [0.4, 0.5) is 5.82 Å². The first kappa shape index (κ1) is 12.0. The van der Waals surface area contributed by atoms with E-state index in [2.05, 4.69) is 30.7 Å². The van der Waals surface area contributed by atoms with Crippen molar-refractivity contribution in [1.29, 1.82) is 0 Å². The molecule has 1 unspecified atom stereocenters. The molecule has 0 radical (unpaired) electrons. The fraction of sp³-hybridized carbons (Fsp3) is 0.583. The van der Waals surface area contributed by atoms with Crippen LogP contribution in [0.2, 0.25) is 0 Å². The van der Waals surface area contributed by atoms with Gasteiger partial charge in [-0.05, 0) is 30.5 Å². The second kappa shape index (κ2) is 5.12. The molecule has 0 fully saturated rings. The highest BCUT2D eigenvalue weighted by atomic mass is 16.3. The van der Waals surface area contributed by atoms with Gasteiger partial charge in [0, 0.05) is 19.3 Å². The third-order valence-corrected chi connectivity index (χ3v) is 2.93. The molecule has 0 amide bonds. The Morgan fingerprint density at radius 1 is 1.40 bits per heavy atom. The molecule has 1 aromatic heterocycles. The van der Waals surface area contributed by atoms with Gasteiger partial charge >= 0.3 is 0 Å². The maximum absolute atomic E-state index is 9.05. The summed E-state index contributed by atoms with van der Waals surface area (Å²) in [5.74, 6) is 1.50. The van der Waals surface area contributed by atoms with E-state index in [1.807, 2.05) is 19.2 Å². The number of rotatable bonds is 4. The summed E-state index contributed by atoms with van der Waals surface area (Å²) in [5.41, 5.74) is 0.905. The van der Waals surface area contributed by atoms with Gasteiger partial charge in [0.25, 0.3) is 0 Å². The van der Waals surface area contributed by atoms with Crippen molar-refractivity contribution >= 4 is 5.82 Å². The Bertz CT molecular complexity index is 312. The largest absolute Gasteiger partial charge is 0.392 e. The van der Waals surface area contributed by atoms with Gasteiger partial charge in [0.2, 0.25) is 0 Å². The summed E-state index contributed by atoms with van der Waals surface area (Å²) in [5, 5.41) is 9.05. The molecule has 0 spiro atoms. The smallest absolute Gasteiger partial charge is 0.128 e. The van der Waals surface area contributed by atoms with Crippen molar-refractivity contribution in [1.82, 2.24) is 4.98 Å². The van der Waals surface area contributed by atoms with Crippen molar-refractivity contribution < 1.29 is 5.11 Å². The van der Waals surface area contributed by atoms with Crippen molar-refractivity contribution in [2.75, 3.05) is 11.9 Å². The lowest BCUT2D eigenvalue weighted by Crippen LogP contribution is -2.33. The third-order valence-electron chi connectivity index (χ3n) is 2.93. The highest BCUT2D eigenvalue weighted by Gasteiger charge is 2.14. The zero-order chi connectivity index (χ0) is 11.4. The molecule has 1 heterocycles. The summed E-state index contributed by atoms with van der Waals surface area (Å²) in [4.78, 5) is 6.45. The summed E-state index contributed by atoms with van der Waals surface area (Å²) in [6.45, 7) is 6.63. The molecule has 0 aliphatic rings. The van der Waals surface area contributed by atoms with E-state index in [4.69, 9.17) is 5.11 Å². The van der Waals surface area contributed by atoms with E-state index in [1.54, 1.807) is 6.20 Å². The maximum Gasteiger partial charge on any atom is 0.128 e. The van der Waals surface area contributed by atoms with Gasteiger partial charge in [-0.3, -0.25) is 0 Å². The maximum atomic E-state index is 9.05. The fourth-order valence-corrected chi connectivity index (χ4v) is 1.41. The van der Waals surface area contributed by atoms with Crippen molar-refractivity contribution in [3.05, 3.63) is 23.9 Å². The number of aliphatic hydroxyl groups is 1. The van der Waals surface area contributed by atoms with Crippen LogP contribution in [0.5, 0.6) is 0 Å². The van der Waals surface area contributed by atoms with Crippen molar-refractivity contribution in [2.45, 2.75) is 33.4 Å². The van der Waals surface area contributed by atoms with E-state index in [9.17, 15) is 0 Å². The van der Waals surface area contributed by atoms with Gasteiger partial charge in [0.15, 0.2) is 0 Å². The second-order valence-corrected chi connectivity index (χ2v) is 4.28. The Morgan fingerprint density at radius 3 is 2.60 bits per heavy atom. The van der Waals surface area contributed by atoms with Gasteiger partial charge in [0.05, 0.1) is 6.61 Å². The Hall–Kier alpha value is -1.09. The molecular weight excluding hydrogens is 188 g/mol. The molecule has 1 aromatic rings. The number of pyridine rings is 1. The normalized spacial score (nSPS) is 12.9. The van der Waals surface area contributed by atoms with Crippen LogP contribution in [0, 0.1) is 5.92 Å². The number of anilines is 1. The summed E-state index contributed by atoms with van der Waals surface area (Å²) in [6, 6.07) is 4.20. The number of hydrogen-bond donors (Lipinski definition) is 1. The second-order valence-electron chi connectivity index (χ2n) is 4.28. The Balaban J connectivity index is 2.85. The molecule has 0 aliphatic heterocycles. The highest BCUT2D eigenvalue weighted by molar-refractivity contribution is 5.41. The molecule has 0 aromatic carbocycles. The van der Waals surface area contributed by atoms with E-state index in [1.165, 1.54) is 0 Å².